The molecule has 8 nitrogen and oxygen atoms in total. The highest BCUT2D eigenvalue weighted by Gasteiger charge is 2.20. The van der Waals surface area contributed by atoms with E-state index < -0.39 is 0 Å². The first-order valence-corrected chi connectivity index (χ1v) is 11.2. The monoisotopic (exact) mass is 434 g/mol. The van der Waals surface area contributed by atoms with Gasteiger partial charge in [0.1, 0.15) is 11.2 Å². The largest absolute Gasteiger partial charge is 0.310 e. The Hall–Kier alpha value is -3.33. The number of aryl methyl sites for hydroxylation is 2. The predicted octanol–water partition coefficient (Wildman–Crippen LogP) is 3.26. The van der Waals surface area contributed by atoms with Crippen LogP contribution in [0.1, 0.15) is 36.2 Å². The van der Waals surface area contributed by atoms with Crippen molar-refractivity contribution in [1.29, 1.82) is 0 Å². The number of carbonyl (C=O) groups is 1. The molecule has 0 saturated carbocycles. The molecular formula is C22H22N6O2S. The van der Waals surface area contributed by atoms with E-state index in [-0.39, 0.29) is 17.9 Å². The summed E-state index contributed by atoms with van der Waals surface area (Å²) in [4.78, 5) is 38.1. The summed E-state index contributed by atoms with van der Waals surface area (Å²) < 4.78 is 1.63. The molecule has 1 aliphatic rings. The minimum atomic E-state index is -0.260. The number of amides is 1. The van der Waals surface area contributed by atoms with Crippen LogP contribution in [0.25, 0.3) is 16.7 Å². The Labute approximate surface area is 182 Å². The SMILES string of the molecule is CC1CCc2nc(NC(=O)CCc3nc4c(cnn4-c4ccccc4)c(=O)[nH]3)sc2C1. The number of hydrogen-bond donors (Lipinski definition) is 2. The number of aromatic nitrogens is 5. The van der Waals surface area contributed by atoms with Gasteiger partial charge in [0, 0.05) is 17.7 Å². The van der Waals surface area contributed by atoms with Crippen molar-refractivity contribution in [2.24, 2.45) is 5.92 Å². The summed E-state index contributed by atoms with van der Waals surface area (Å²) in [6.45, 7) is 2.25. The second-order valence-corrected chi connectivity index (χ2v) is 9.01. The number of nitrogens with zero attached hydrogens (tertiary/aromatic N) is 4. The van der Waals surface area contributed by atoms with Gasteiger partial charge in [-0.05, 0) is 37.3 Å². The van der Waals surface area contributed by atoms with Crippen molar-refractivity contribution >= 4 is 33.4 Å². The molecule has 4 aromatic rings. The van der Waals surface area contributed by atoms with Gasteiger partial charge in [-0.2, -0.15) is 5.10 Å². The third kappa shape index (κ3) is 4.00. The molecular weight excluding hydrogens is 412 g/mol. The Morgan fingerprint density at radius 2 is 2.13 bits per heavy atom. The topological polar surface area (TPSA) is 106 Å². The Kier molecular flexibility index (Phi) is 5.11. The lowest BCUT2D eigenvalue weighted by atomic mass is 9.93. The second-order valence-electron chi connectivity index (χ2n) is 7.93. The molecule has 0 spiro atoms. The molecule has 1 amide bonds. The van der Waals surface area contributed by atoms with E-state index >= 15 is 0 Å². The van der Waals surface area contributed by atoms with Gasteiger partial charge < -0.3 is 10.3 Å². The molecule has 0 saturated heterocycles. The average molecular weight is 435 g/mol. The molecule has 3 aromatic heterocycles. The van der Waals surface area contributed by atoms with Gasteiger partial charge in [-0.3, -0.25) is 9.59 Å². The summed E-state index contributed by atoms with van der Waals surface area (Å²) >= 11 is 1.57. The Balaban J connectivity index is 1.31. The van der Waals surface area contributed by atoms with Gasteiger partial charge in [-0.1, -0.05) is 25.1 Å². The molecule has 1 unspecified atom stereocenters. The molecule has 2 N–H and O–H groups in total. The molecule has 0 aliphatic heterocycles. The zero-order valence-corrected chi connectivity index (χ0v) is 17.9. The summed E-state index contributed by atoms with van der Waals surface area (Å²) in [7, 11) is 0. The Morgan fingerprint density at radius 1 is 1.29 bits per heavy atom. The quantitative estimate of drug-likeness (QED) is 0.502. The zero-order chi connectivity index (χ0) is 21.4. The zero-order valence-electron chi connectivity index (χ0n) is 17.1. The van der Waals surface area contributed by atoms with Crippen LogP contribution in [0.5, 0.6) is 0 Å². The van der Waals surface area contributed by atoms with Crippen molar-refractivity contribution < 1.29 is 4.79 Å². The highest BCUT2D eigenvalue weighted by molar-refractivity contribution is 7.15. The molecule has 3 heterocycles. The number of para-hydroxylation sites is 1. The van der Waals surface area contributed by atoms with Crippen LogP contribution >= 0.6 is 11.3 Å². The number of rotatable bonds is 5. The van der Waals surface area contributed by atoms with Gasteiger partial charge in [-0.15, -0.1) is 11.3 Å². The molecule has 9 heteroatoms. The van der Waals surface area contributed by atoms with E-state index in [0.29, 0.717) is 34.3 Å². The Morgan fingerprint density at radius 3 is 2.97 bits per heavy atom. The van der Waals surface area contributed by atoms with Crippen LogP contribution in [0.4, 0.5) is 5.13 Å². The van der Waals surface area contributed by atoms with Crippen LogP contribution in [0.3, 0.4) is 0 Å². The van der Waals surface area contributed by atoms with E-state index in [2.05, 4.69) is 32.3 Å². The highest BCUT2D eigenvalue weighted by Crippen LogP contribution is 2.32. The number of H-pyrrole nitrogens is 1. The minimum Gasteiger partial charge on any atom is -0.310 e. The van der Waals surface area contributed by atoms with Crippen LogP contribution < -0.4 is 10.9 Å². The fraction of sp³-hybridized carbons (Fsp3) is 0.318. The maximum absolute atomic E-state index is 12.5. The van der Waals surface area contributed by atoms with Crippen LogP contribution in [-0.2, 0) is 24.1 Å². The average Bonchev–Trinajstić information content (AvgIpc) is 3.36. The molecule has 0 fully saturated rings. The number of aromatic amines is 1. The smallest absolute Gasteiger partial charge is 0.262 e. The summed E-state index contributed by atoms with van der Waals surface area (Å²) in [5, 5.41) is 8.28. The first-order valence-electron chi connectivity index (χ1n) is 10.4. The first-order chi connectivity index (χ1) is 15.1. The number of anilines is 1. The normalized spacial score (nSPS) is 15.7. The van der Waals surface area contributed by atoms with Crippen molar-refractivity contribution in [3.05, 3.63) is 63.3 Å². The summed E-state index contributed by atoms with van der Waals surface area (Å²) in [5.74, 6) is 0.981. The maximum Gasteiger partial charge on any atom is 0.262 e. The van der Waals surface area contributed by atoms with Gasteiger partial charge in [0.15, 0.2) is 10.8 Å². The molecule has 0 radical (unpaired) electrons. The van der Waals surface area contributed by atoms with Crippen molar-refractivity contribution in [3.63, 3.8) is 0 Å². The predicted molar refractivity (Wildman–Crippen MR) is 120 cm³/mol. The molecule has 0 bridgehead atoms. The summed E-state index contributed by atoms with van der Waals surface area (Å²) in [5.41, 5.74) is 2.15. The molecule has 1 aromatic carbocycles. The third-order valence-corrected chi connectivity index (χ3v) is 6.54. The van der Waals surface area contributed by atoms with Gasteiger partial charge in [-0.25, -0.2) is 14.6 Å². The van der Waals surface area contributed by atoms with Gasteiger partial charge in [0.05, 0.1) is 17.6 Å². The van der Waals surface area contributed by atoms with Crippen LogP contribution in [0, 0.1) is 5.92 Å². The Bertz CT molecular complexity index is 1310. The van der Waals surface area contributed by atoms with Crippen LogP contribution in [0.15, 0.2) is 41.3 Å². The molecule has 31 heavy (non-hydrogen) atoms. The lowest BCUT2D eigenvalue weighted by Gasteiger charge is -2.15. The van der Waals surface area contributed by atoms with Gasteiger partial charge >= 0.3 is 0 Å². The summed E-state index contributed by atoms with van der Waals surface area (Å²) in [6.07, 6.45) is 5.18. The van der Waals surface area contributed by atoms with E-state index in [1.165, 1.54) is 11.1 Å². The number of thiazole rings is 1. The summed E-state index contributed by atoms with van der Waals surface area (Å²) in [6, 6.07) is 9.52. The third-order valence-electron chi connectivity index (χ3n) is 5.51. The number of hydrogen-bond acceptors (Lipinski definition) is 6. The van der Waals surface area contributed by atoms with Crippen molar-refractivity contribution in [1.82, 2.24) is 24.7 Å². The number of fused-ring (bicyclic) bond motifs is 2. The van der Waals surface area contributed by atoms with E-state index in [0.717, 1.165) is 30.6 Å². The minimum absolute atomic E-state index is 0.140. The van der Waals surface area contributed by atoms with E-state index in [1.807, 2.05) is 30.3 Å². The number of benzene rings is 1. The van der Waals surface area contributed by atoms with E-state index in [9.17, 15) is 9.59 Å². The lowest BCUT2D eigenvalue weighted by molar-refractivity contribution is -0.116. The maximum atomic E-state index is 12.5. The van der Waals surface area contributed by atoms with E-state index in [1.54, 1.807) is 16.0 Å². The van der Waals surface area contributed by atoms with Crippen molar-refractivity contribution in [3.8, 4) is 5.69 Å². The highest BCUT2D eigenvalue weighted by atomic mass is 32.1. The fourth-order valence-electron chi connectivity index (χ4n) is 3.85. The first kappa shape index (κ1) is 19.6. The van der Waals surface area contributed by atoms with Crippen LogP contribution in [0.2, 0.25) is 0 Å². The number of carbonyl (C=O) groups excluding carboxylic acids is 1. The standard InChI is InChI=1S/C22H22N6O2S/c1-13-7-8-16-17(11-13)31-22(24-16)27-19(29)10-9-18-25-20-15(21(30)26-18)12-23-28(20)14-5-3-2-4-6-14/h2-6,12-13H,7-11H2,1H3,(H,24,27,29)(H,25,26,30). The molecule has 5 rings (SSSR count). The van der Waals surface area contributed by atoms with Crippen LogP contribution in [-0.4, -0.2) is 30.6 Å². The fourth-order valence-corrected chi connectivity index (χ4v) is 5.03. The number of nitrogens with one attached hydrogen (secondary N) is 2. The van der Waals surface area contributed by atoms with Gasteiger partial charge in [0.25, 0.3) is 5.56 Å². The van der Waals surface area contributed by atoms with E-state index in [4.69, 9.17) is 0 Å². The van der Waals surface area contributed by atoms with Crippen molar-refractivity contribution in [2.45, 2.75) is 39.0 Å². The van der Waals surface area contributed by atoms with Crippen molar-refractivity contribution in [2.75, 3.05) is 5.32 Å². The molecule has 158 valence electrons. The second kappa shape index (κ2) is 8.07. The molecule has 1 atom stereocenters. The van der Waals surface area contributed by atoms with Gasteiger partial charge in [0.2, 0.25) is 5.91 Å². The lowest BCUT2D eigenvalue weighted by Crippen LogP contribution is -2.16. The molecule has 1 aliphatic carbocycles.